The number of carbonyl (C=O) groups is 1. The van der Waals surface area contributed by atoms with Crippen molar-refractivity contribution >= 4 is 5.97 Å². The van der Waals surface area contributed by atoms with Crippen LogP contribution in [0.1, 0.15) is 30.4 Å². The Morgan fingerprint density at radius 3 is 2.57 bits per heavy atom. The van der Waals surface area contributed by atoms with Gasteiger partial charge in [-0.2, -0.15) is 0 Å². The second kappa shape index (κ2) is 3.46. The fraction of sp³-hybridized carbons (Fsp3) is 0.500. The Hall–Kier alpha value is -1.29. The summed E-state index contributed by atoms with van der Waals surface area (Å²) in [5, 5.41) is 8.66. The number of hydrogen-bond acceptors (Lipinski definition) is 3. The number of nitrogens with two attached hydrogens (primary N) is 1. The Labute approximate surface area is 82.7 Å². The predicted octanol–water partition coefficient (Wildman–Crippen LogP) is 1.55. The first-order valence-electron chi connectivity index (χ1n) is 4.41. The molecular formula is C10H15NO3. The molecule has 0 aliphatic heterocycles. The molecule has 0 aliphatic rings. The van der Waals surface area contributed by atoms with Crippen molar-refractivity contribution in [3.05, 3.63) is 23.2 Å². The van der Waals surface area contributed by atoms with E-state index >= 15 is 0 Å². The number of carboxylic acids is 1. The molecule has 0 spiro atoms. The summed E-state index contributed by atoms with van der Waals surface area (Å²) < 4.78 is 5.39. The SMILES string of the molecule is Cc1cc([C@](C)(N)CC(=O)O)oc1C. The van der Waals surface area contributed by atoms with Crippen LogP contribution in [-0.4, -0.2) is 11.1 Å². The molecule has 0 amide bonds. The molecule has 0 saturated heterocycles. The average molecular weight is 197 g/mol. The maximum Gasteiger partial charge on any atom is 0.305 e. The minimum atomic E-state index is -0.940. The van der Waals surface area contributed by atoms with E-state index in [-0.39, 0.29) is 6.42 Å². The molecule has 1 heterocycles. The molecule has 1 aromatic heterocycles. The fourth-order valence-electron chi connectivity index (χ4n) is 1.26. The second-order valence-electron chi connectivity index (χ2n) is 3.84. The molecular weight excluding hydrogens is 182 g/mol. The lowest BCUT2D eigenvalue weighted by Gasteiger charge is -2.19. The quantitative estimate of drug-likeness (QED) is 0.770. The van der Waals surface area contributed by atoms with Crippen LogP contribution in [0.15, 0.2) is 10.5 Å². The van der Waals surface area contributed by atoms with Crippen molar-refractivity contribution in [1.82, 2.24) is 0 Å². The molecule has 1 rings (SSSR count). The Bertz CT molecular complexity index is 333. The number of carboxylic acid groups (broad SMARTS) is 1. The lowest BCUT2D eigenvalue weighted by molar-refractivity contribution is -0.138. The molecule has 0 bridgehead atoms. The van der Waals surface area contributed by atoms with Crippen LogP contribution in [0.2, 0.25) is 0 Å². The molecule has 1 aromatic rings. The van der Waals surface area contributed by atoms with Crippen LogP contribution in [0.25, 0.3) is 0 Å². The first-order valence-corrected chi connectivity index (χ1v) is 4.41. The van der Waals surface area contributed by atoms with Crippen LogP contribution in [0.5, 0.6) is 0 Å². The van der Waals surface area contributed by atoms with Crippen molar-refractivity contribution in [3.8, 4) is 0 Å². The molecule has 4 heteroatoms. The summed E-state index contributed by atoms with van der Waals surface area (Å²) in [5.74, 6) is 0.374. The smallest absolute Gasteiger partial charge is 0.305 e. The third kappa shape index (κ3) is 2.14. The van der Waals surface area contributed by atoms with Crippen LogP contribution >= 0.6 is 0 Å². The van der Waals surface area contributed by atoms with Gasteiger partial charge >= 0.3 is 5.97 Å². The Morgan fingerprint density at radius 2 is 2.21 bits per heavy atom. The number of furan rings is 1. The van der Waals surface area contributed by atoms with Crippen LogP contribution in [0, 0.1) is 13.8 Å². The normalized spacial score (nSPS) is 15.1. The van der Waals surface area contributed by atoms with Gasteiger partial charge in [-0.15, -0.1) is 0 Å². The number of aryl methyl sites for hydroxylation is 2. The first-order chi connectivity index (χ1) is 6.33. The zero-order valence-electron chi connectivity index (χ0n) is 8.63. The number of rotatable bonds is 3. The molecule has 1 atom stereocenters. The summed E-state index contributed by atoms with van der Waals surface area (Å²) >= 11 is 0. The molecule has 3 N–H and O–H groups in total. The molecule has 0 unspecified atom stereocenters. The van der Waals surface area contributed by atoms with Crippen molar-refractivity contribution < 1.29 is 14.3 Å². The van der Waals surface area contributed by atoms with Gasteiger partial charge in [0.1, 0.15) is 11.5 Å². The van der Waals surface area contributed by atoms with Gasteiger partial charge in [0.05, 0.1) is 12.0 Å². The standard InChI is InChI=1S/C10H15NO3/c1-6-4-8(14-7(6)2)10(3,11)5-9(12)13/h4H,5,11H2,1-3H3,(H,12,13)/t10-/m1/s1. The zero-order valence-corrected chi connectivity index (χ0v) is 8.63. The maximum atomic E-state index is 10.6. The van der Waals surface area contributed by atoms with Crippen LogP contribution in [0.3, 0.4) is 0 Å². The highest BCUT2D eigenvalue weighted by Crippen LogP contribution is 2.25. The van der Waals surface area contributed by atoms with E-state index in [0.29, 0.717) is 5.76 Å². The van der Waals surface area contributed by atoms with Gasteiger partial charge in [0, 0.05) is 0 Å². The van der Waals surface area contributed by atoms with Crippen molar-refractivity contribution in [2.24, 2.45) is 5.73 Å². The van der Waals surface area contributed by atoms with Gasteiger partial charge in [-0.05, 0) is 32.4 Å². The predicted molar refractivity (Wildman–Crippen MR) is 52.0 cm³/mol. The third-order valence-corrected chi connectivity index (χ3v) is 2.25. The van der Waals surface area contributed by atoms with Gasteiger partial charge in [-0.3, -0.25) is 4.79 Å². The molecule has 4 nitrogen and oxygen atoms in total. The van der Waals surface area contributed by atoms with E-state index in [2.05, 4.69) is 0 Å². The summed E-state index contributed by atoms with van der Waals surface area (Å²) in [6.07, 6.45) is -0.139. The first kappa shape index (κ1) is 10.8. The highest BCUT2D eigenvalue weighted by atomic mass is 16.4. The molecule has 0 fully saturated rings. The minimum Gasteiger partial charge on any atom is -0.481 e. The zero-order chi connectivity index (χ0) is 10.9. The maximum absolute atomic E-state index is 10.6. The summed E-state index contributed by atoms with van der Waals surface area (Å²) in [4.78, 5) is 10.6. The molecule has 0 radical (unpaired) electrons. The summed E-state index contributed by atoms with van der Waals surface area (Å²) in [6, 6.07) is 1.79. The summed E-state index contributed by atoms with van der Waals surface area (Å²) in [5.41, 5.74) is 5.90. The molecule has 0 aromatic carbocycles. The Kier molecular flexibility index (Phi) is 2.66. The highest BCUT2D eigenvalue weighted by Gasteiger charge is 2.28. The van der Waals surface area contributed by atoms with Crippen molar-refractivity contribution in [1.29, 1.82) is 0 Å². The lowest BCUT2D eigenvalue weighted by atomic mass is 9.96. The summed E-state index contributed by atoms with van der Waals surface area (Å²) in [6.45, 7) is 5.38. The minimum absolute atomic E-state index is 0.139. The number of aliphatic carboxylic acids is 1. The van der Waals surface area contributed by atoms with Crippen molar-refractivity contribution in [3.63, 3.8) is 0 Å². The lowest BCUT2D eigenvalue weighted by Crippen LogP contribution is -2.35. The van der Waals surface area contributed by atoms with Crippen molar-refractivity contribution in [2.75, 3.05) is 0 Å². The monoisotopic (exact) mass is 197 g/mol. The highest BCUT2D eigenvalue weighted by molar-refractivity contribution is 5.68. The third-order valence-electron chi connectivity index (χ3n) is 2.25. The van der Waals surface area contributed by atoms with E-state index in [0.717, 1.165) is 11.3 Å². The van der Waals surface area contributed by atoms with Crippen LogP contribution in [-0.2, 0) is 10.3 Å². The van der Waals surface area contributed by atoms with E-state index < -0.39 is 11.5 Å². The molecule has 78 valence electrons. The Morgan fingerprint density at radius 1 is 1.64 bits per heavy atom. The van der Waals surface area contributed by atoms with E-state index in [1.807, 2.05) is 13.8 Å². The molecule has 0 aliphatic carbocycles. The fourth-order valence-corrected chi connectivity index (χ4v) is 1.26. The van der Waals surface area contributed by atoms with E-state index in [1.165, 1.54) is 0 Å². The van der Waals surface area contributed by atoms with Gasteiger partial charge in [0.2, 0.25) is 0 Å². The summed E-state index contributed by atoms with van der Waals surface area (Å²) in [7, 11) is 0. The number of hydrogen-bond donors (Lipinski definition) is 2. The Balaban J connectivity index is 2.97. The van der Waals surface area contributed by atoms with E-state index in [1.54, 1.807) is 13.0 Å². The van der Waals surface area contributed by atoms with Crippen LogP contribution in [0.4, 0.5) is 0 Å². The average Bonchev–Trinajstić information content (AvgIpc) is 2.30. The van der Waals surface area contributed by atoms with Gasteiger partial charge in [-0.1, -0.05) is 0 Å². The van der Waals surface area contributed by atoms with E-state index in [4.69, 9.17) is 15.3 Å². The van der Waals surface area contributed by atoms with Crippen LogP contribution < -0.4 is 5.73 Å². The van der Waals surface area contributed by atoms with Crippen molar-refractivity contribution in [2.45, 2.75) is 32.7 Å². The van der Waals surface area contributed by atoms with Gasteiger partial charge in [0.25, 0.3) is 0 Å². The molecule has 0 saturated carbocycles. The molecule has 14 heavy (non-hydrogen) atoms. The largest absolute Gasteiger partial charge is 0.481 e. The van der Waals surface area contributed by atoms with E-state index in [9.17, 15) is 4.79 Å². The second-order valence-corrected chi connectivity index (χ2v) is 3.84. The van der Waals surface area contributed by atoms with Gasteiger partial charge in [-0.25, -0.2) is 0 Å². The van der Waals surface area contributed by atoms with Gasteiger partial charge < -0.3 is 15.3 Å². The topological polar surface area (TPSA) is 76.5 Å². The van der Waals surface area contributed by atoms with Gasteiger partial charge in [0.15, 0.2) is 0 Å².